The molecule has 1 unspecified atom stereocenters. The molecule has 2 aromatic rings. The van der Waals surface area contributed by atoms with Crippen LogP contribution >= 0.6 is 0 Å². The summed E-state index contributed by atoms with van der Waals surface area (Å²) in [5.74, 6) is -1.01. The lowest BCUT2D eigenvalue weighted by atomic mass is 10.1. The molecule has 20 heavy (non-hydrogen) atoms. The van der Waals surface area contributed by atoms with Crippen molar-refractivity contribution in [2.45, 2.75) is 6.42 Å². The van der Waals surface area contributed by atoms with Crippen molar-refractivity contribution < 1.29 is 9.18 Å². The fourth-order valence-corrected chi connectivity index (χ4v) is 2.72. The first-order valence-corrected chi connectivity index (χ1v) is 6.45. The third-order valence-electron chi connectivity index (χ3n) is 3.76. The largest absolute Gasteiger partial charge is 0.398 e. The van der Waals surface area contributed by atoms with Gasteiger partial charge >= 0.3 is 0 Å². The van der Waals surface area contributed by atoms with Crippen molar-refractivity contribution in [3.63, 3.8) is 0 Å². The number of fused-ring (bicyclic) bond motifs is 1. The maximum atomic E-state index is 14.3. The summed E-state index contributed by atoms with van der Waals surface area (Å²) in [4.78, 5) is 17.3. The maximum Gasteiger partial charge on any atom is 0.222 e. The maximum absolute atomic E-state index is 14.3. The Morgan fingerprint density at radius 3 is 3.00 bits per heavy atom. The van der Waals surface area contributed by atoms with Gasteiger partial charge in [0.25, 0.3) is 0 Å². The second kappa shape index (κ2) is 4.63. The minimum absolute atomic E-state index is 0.245. The number of carbonyl (C=O) groups is 1. The summed E-state index contributed by atoms with van der Waals surface area (Å²) < 4.78 is 14.3. The summed E-state index contributed by atoms with van der Waals surface area (Å²) >= 11 is 0. The van der Waals surface area contributed by atoms with Gasteiger partial charge in [-0.2, -0.15) is 0 Å². The van der Waals surface area contributed by atoms with Crippen LogP contribution in [-0.4, -0.2) is 24.0 Å². The molecule has 1 atom stereocenters. The first kappa shape index (κ1) is 12.7. The smallest absolute Gasteiger partial charge is 0.222 e. The Labute approximate surface area is 115 Å². The molecule has 0 bridgehead atoms. The topological polar surface area (TPSA) is 85.2 Å². The molecule has 6 heteroatoms. The first-order chi connectivity index (χ1) is 9.58. The molecule has 1 aromatic carbocycles. The number of benzene rings is 1. The minimum Gasteiger partial charge on any atom is -0.398 e. The van der Waals surface area contributed by atoms with Crippen LogP contribution in [0.2, 0.25) is 0 Å². The fraction of sp³-hybridized carbons (Fsp3) is 0.286. The van der Waals surface area contributed by atoms with Crippen molar-refractivity contribution in [2.24, 2.45) is 11.7 Å². The highest BCUT2D eigenvalue weighted by Gasteiger charge is 2.29. The third-order valence-corrected chi connectivity index (χ3v) is 3.76. The number of pyridine rings is 1. The lowest BCUT2D eigenvalue weighted by Crippen LogP contribution is -2.28. The van der Waals surface area contributed by atoms with Gasteiger partial charge in [0.2, 0.25) is 5.91 Å². The number of hydrogen-bond acceptors (Lipinski definition) is 4. The van der Waals surface area contributed by atoms with E-state index >= 15 is 0 Å². The van der Waals surface area contributed by atoms with Crippen molar-refractivity contribution in [3.8, 4) is 0 Å². The number of rotatable bonds is 2. The molecule has 1 aliphatic heterocycles. The van der Waals surface area contributed by atoms with E-state index in [1.54, 1.807) is 12.3 Å². The Hall–Kier alpha value is -2.37. The molecule has 3 rings (SSSR count). The Morgan fingerprint density at radius 1 is 1.50 bits per heavy atom. The molecule has 4 N–H and O–H groups in total. The zero-order valence-corrected chi connectivity index (χ0v) is 10.8. The third kappa shape index (κ3) is 1.93. The van der Waals surface area contributed by atoms with Gasteiger partial charge < -0.3 is 16.4 Å². The average molecular weight is 274 g/mol. The standard InChI is InChI=1S/C14H15FN4O/c15-10-6-11(16)9-2-1-4-18-12(9)13(10)19-5-3-8(7-19)14(17)20/h1-2,4,6,8H,3,5,7,16H2,(H2,17,20). The normalized spacial score (nSPS) is 18.6. The molecule has 2 heterocycles. The van der Waals surface area contributed by atoms with Gasteiger partial charge in [0.15, 0.2) is 5.82 Å². The summed E-state index contributed by atoms with van der Waals surface area (Å²) in [5.41, 5.74) is 12.4. The van der Waals surface area contributed by atoms with Crippen LogP contribution < -0.4 is 16.4 Å². The molecule has 1 aliphatic rings. The van der Waals surface area contributed by atoms with Gasteiger partial charge in [-0.25, -0.2) is 4.39 Å². The van der Waals surface area contributed by atoms with Crippen LogP contribution in [0.3, 0.4) is 0 Å². The van der Waals surface area contributed by atoms with Crippen LogP contribution in [0.1, 0.15) is 6.42 Å². The zero-order valence-electron chi connectivity index (χ0n) is 10.8. The quantitative estimate of drug-likeness (QED) is 0.807. The predicted molar refractivity (Wildman–Crippen MR) is 75.6 cm³/mol. The van der Waals surface area contributed by atoms with Crippen molar-refractivity contribution in [3.05, 3.63) is 30.2 Å². The molecule has 0 spiro atoms. The second-order valence-corrected chi connectivity index (χ2v) is 5.03. The van der Waals surface area contributed by atoms with Gasteiger partial charge in [0, 0.05) is 30.4 Å². The van der Waals surface area contributed by atoms with E-state index in [-0.39, 0.29) is 11.8 Å². The highest BCUT2D eigenvalue weighted by Crippen LogP contribution is 2.35. The van der Waals surface area contributed by atoms with E-state index < -0.39 is 5.82 Å². The molecular weight excluding hydrogens is 259 g/mol. The lowest BCUT2D eigenvalue weighted by Gasteiger charge is -2.21. The fourth-order valence-electron chi connectivity index (χ4n) is 2.72. The number of amides is 1. The van der Waals surface area contributed by atoms with Gasteiger partial charge in [-0.3, -0.25) is 9.78 Å². The van der Waals surface area contributed by atoms with E-state index in [4.69, 9.17) is 11.5 Å². The number of primary amides is 1. The average Bonchev–Trinajstić information content (AvgIpc) is 2.88. The number of anilines is 2. The summed E-state index contributed by atoms with van der Waals surface area (Å²) in [6.45, 7) is 1.00. The van der Waals surface area contributed by atoms with E-state index in [1.165, 1.54) is 6.07 Å². The van der Waals surface area contributed by atoms with Crippen molar-refractivity contribution in [1.82, 2.24) is 4.98 Å². The molecule has 1 aromatic heterocycles. The molecule has 1 fully saturated rings. The van der Waals surface area contributed by atoms with Gasteiger partial charge in [-0.15, -0.1) is 0 Å². The van der Waals surface area contributed by atoms with E-state index in [0.717, 1.165) is 0 Å². The highest BCUT2D eigenvalue weighted by atomic mass is 19.1. The van der Waals surface area contributed by atoms with Crippen LogP contribution in [-0.2, 0) is 4.79 Å². The second-order valence-electron chi connectivity index (χ2n) is 5.03. The van der Waals surface area contributed by atoms with Crippen LogP contribution in [0.4, 0.5) is 15.8 Å². The summed E-state index contributed by atoms with van der Waals surface area (Å²) in [5, 5.41) is 0.714. The monoisotopic (exact) mass is 274 g/mol. The number of nitrogen functional groups attached to an aromatic ring is 1. The van der Waals surface area contributed by atoms with Crippen LogP contribution in [0, 0.1) is 11.7 Å². The van der Waals surface area contributed by atoms with Gasteiger partial charge in [-0.1, -0.05) is 0 Å². The number of hydrogen-bond donors (Lipinski definition) is 2. The van der Waals surface area contributed by atoms with Crippen LogP contribution in [0.25, 0.3) is 10.9 Å². The van der Waals surface area contributed by atoms with Crippen molar-refractivity contribution in [1.29, 1.82) is 0 Å². The van der Waals surface area contributed by atoms with E-state index in [0.29, 0.717) is 41.8 Å². The number of nitrogens with zero attached hydrogens (tertiary/aromatic N) is 2. The molecule has 0 saturated carbocycles. The molecule has 1 saturated heterocycles. The summed E-state index contributed by atoms with van der Waals surface area (Å²) in [6, 6.07) is 4.87. The zero-order chi connectivity index (χ0) is 14.3. The van der Waals surface area contributed by atoms with E-state index in [2.05, 4.69) is 4.98 Å². The number of nitrogens with two attached hydrogens (primary N) is 2. The number of aromatic nitrogens is 1. The summed E-state index contributed by atoms with van der Waals surface area (Å²) in [6.07, 6.45) is 2.24. The van der Waals surface area contributed by atoms with Crippen LogP contribution in [0.15, 0.2) is 24.4 Å². The van der Waals surface area contributed by atoms with E-state index in [1.807, 2.05) is 11.0 Å². The summed E-state index contributed by atoms with van der Waals surface area (Å²) in [7, 11) is 0. The molecule has 0 aliphatic carbocycles. The number of carbonyl (C=O) groups excluding carboxylic acids is 1. The first-order valence-electron chi connectivity index (χ1n) is 6.45. The van der Waals surface area contributed by atoms with Crippen LogP contribution in [0.5, 0.6) is 0 Å². The van der Waals surface area contributed by atoms with E-state index in [9.17, 15) is 9.18 Å². The lowest BCUT2D eigenvalue weighted by molar-refractivity contribution is -0.121. The molecule has 104 valence electrons. The van der Waals surface area contributed by atoms with Gasteiger partial charge in [-0.05, 0) is 24.6 Å². The number of halogens is 1. The SMILES string of the molecule is NC(=O)C1CCN(c2c(F)cc(N)c3cccnc23)C1. The molecular formula is C14H15FN4O. The van der Waals surface area contributed by atoms with Crippen molar-refractivity contribution in [2.75, 3.05) is 23.7 Å². The highest BCUT2D eigenvalue weighted by molar-refractivity contribution is 5.99. The molecule has 1 amide bonds. The molecule has 0 radical (unpaired) electrons. The van der Waals surface area contributed by atoms with Crippen molar-refractivity contribution >= 4 is 28.2 Å². The Morgan fingerprint density at radius 2 is 2.30 bits per heavy atom. The Bertz CT molecular complexity index is 688. The van der Waals surface area contributed by atoms with Gasteiger partial charge in [0.05, 0.1) is 17.1 Å². The van der Waals surface area contributed by atoms with Gasteiger partial charge in [0.1, 0.15) is 0 Å². The minimum atomic E-state index is -0.418. The molecule has 5 nitrogen and oxygen atoms in total. The Kier molecular flexibility index (Phi) is 2.93. The Balaban J connectivity index is 2.10. The predicted octanol–water partition coefficient (Wildman–Crippen LogP) is 1.27.